The molecule has 3 amide bonds. The summed E-state index contributed by atoms with van der Waals surface area (Å²) in [6.45, 7) is 7.20. The Hall–Kier alpha value is -2.51. The van der Waals surface area contributed by atoms with Crippen LogP contribution in [0.1, 0.15) is 48.2 Å². The summed E-state index contributed by atoms with van der Waals surface area (Å²) in [6.07, 6.45) is 5.91. The first-order valence-electron chi connectivity index (χ1n) is 11.2. The fourth-order valence-electron chi connectivity index (χ4n) is 4.46. The number of nitrogens with zero attached hydrogens (tertiary/aromatic N) is 3. The molecule has 1 aromatic carbocycles. The van der Waals surface area contributed by atoms with Crippen molar-refractivity contribution in [1.29, 1.82) is 0 Å². The van der Waals surface area contributed by atoms with Gasteiger partial charge in [-0.3, -0.25) is 19.3 Å². The summed E-state index contributed by atoms with van der Waals surface area (Å²) in [7, 11) is 0. The zero-order valence-corrected chi connectivity index (χ0v) is 20.8. The molecule has 1 aromatic heterocycles. The van der Waals surface area contributed by atoms with E-state index >= 15 is 0 Å². The number of halogens is 1. The van der Waals surface area contributed by atoms with Crippen molar-refractivity contribution in [1.82, 2.24) is 14.4 Å². The number of amides is 3. The molecule has 33 heavy (non-hydrogen) atoms. The van der Waals surface area contributed by atoms with E-state index in [2.05, 4.69) is 4.57 Å². The molecule has 0 radical (unpaired) electrons. The highest BCUT2D eigenvalue weighted by molar-refractivity contribution is 8.18. The minimum atomic E-state index is -0.406. The lowest BCUT2D eigenvalue weighted by molar-refractivity contribution is -0.135. The van der Waals surface area contributed by atoms with Crippen molar-refractivity contribution < 1.29 is 14.4 Å². The van der Waals surface area contributed by atoms with Gasteiger partial charge in [0.2, 0.25) is 5.91 Å². The minimum absolute atomic E-state index is 0.157. The van der Waals surface area contributed by atoms with E-state index in [0.29, 0.717) is 23.0 Å². The average molecular weight is 486 g/mol. The first kappa shape index (κ1) is 23.6. The summed E-state index contributed by atoms with van der Waals surface area (Å²) in [5.41, 5.74) is 4.87. The molecule has 174 valence electrons. The van der Waals surface area contributed by atoms with Crippen molar-refractivity contribution in [2.24, 2.45) is 0 Å². The molecule has 0 bridgehead atoms. The number of benzene rings is 1. The topological polar surface area (TPSA) is 62.6 Å². The van der Waals surface area contributed by atoms with Crippen LogP contribution in [0.15, 0.2) is 29.2 Å². The fraction of sp³-hybridized carbons (Fsp3) is 0.400. The molecule has 0 spiro atoms. The number of rotatable bonds is 4. The molecule has 2 fully saturated rings. The summed E-state index contributed by atoms with van der Waals surface area (Å²) in [5.74, 6) is -0.563. The number of hydrogen-bond donors (Lipinski definition) is 0. The Balaban J connectivity index is 1.56. The lowest BCUT2D eigenvalue weighted by Crippen LogP contribution is -2.42. The van der Waals surface area contributed by atoms with E-state index < -0.39 is 11.1 Å². The monoisotopic (exact) mass is 485 g/mol. The summed E-state index contributed by atoms with van der Waals surface area (Å²) in [6, 6.07) is 7.75. The summed E-state index contributed by atoms with van der Waals surface area (Å²) >= 11 is 7.12. The van der Waals surface area contributed by atoms with Gasteiger partial charge in [-0.05, 0) is 80.8 Å². The van der Waals surface area contributed by atoms with Crippen LogP contribution in [0.25, 0.3) is 11.8 Å². The van der Waals surface area contributed by atoms with Crippen molar-refractivity contribution in [2.45, 2.75) is 46.5 Å². The molecular formula is C25H28ClN3O3S. The Morgan fingerprint density at radius 2 is 1.76 bits per heavy atom. The van der Waals surface area contributed by atoms with Gasteiger partial charge >= 0.3 is 0 Å². The molecule has 0 unspecified atom stereocenters. The Bertz CT molecular complexity index is 1150. The summed E-state index contributed by atoms with van der Waals surface area (Å²) < 4.78 is 2.10. The van der Waals surface area contributed by atoms with Crippen LogP contribution in [0.5, 0.6) is 0 Å². The van der Waals surface area contributed by atoms with Crippen LogP contribution < -0.4 is 0 Å². The molecule has 0 aliphatic carbocycles. The highest BCUT2D eigenvalue weighted by Crippen LogP contribution is 2.34. The second kappa shape index (κ2) is 9.77. The highest BCUT2D eigenvalue weighted by Gasteiger charge is 2.37. The van der Waals surface area contributed by atoms with E-state index in [4.69, 9.17) is 11.6 Å². The van der Waals surface area contributed by atoms with Crippen molar-refractivity contribution >= 4 is 46.5 Å². The molecule has 2 aromatic rings. The van der Waals surface area contributed by atoms with Crippen molar-refractivity contribution in [3.8, 4) is 5.69 Å². The molecule has 0 atom stereocenters. The quantitative estimate of drug-likeness (QED) is 0.537. The number of carbonyl (C=O) groups excluding carboxylic acids is 3. The van der Waals surface area contributed by atoms with Crippen molar-refractivity contribution in [2.75, 3.05) is 19.6 Å². The smallest absolute Gasteiger partial charge is 0.294 e. The van der Waals surface area contributed by atoms with E-state index in [1.165, 1.54) is 0 Å². The molecule has 2 aliphatic rings. The standard InChI is InChI=1S/C25H28ClN3O3S/c1-16-8-9-20(26)14-21(16)29-17(2)12-19(18(29)3)13-22-24(31)28(25(32)33-22)15-23(30)27-10-6-4-5-7-11-27/h8-9,12-14H,4-7,10-11,15H2,1-3H3. The lowest BCUT2D eigenvalue weighted by atomic mass is 10.2. The molecule has 2 aliphatic heterocycles. The van der Waals surface area contributed by atoms with Gasteiger partial charge in [-0.25, -0.2) is 0 Å². The zero-order chi connectivity index (χ0) is 23.7. The maximum atomic E-state index is 13.0. The molecule has 0 saturated carbocycles. The third-order valence-electron chi connectivity index (χ3n) is 6.29. The minimum Gasteiger partial charge on any atom is -0.341 e. The summed E-state index contributed by atoms with van der Waals surface area (Å²) in [5, 5.41) is 0.258. The number of aryl methyl sites for hydroxylation is 2. The van der Waals surface area contributed by atoms with Crippen LogP contribution in [-0.2, 0) is 9.59 Å². The largest absolute Gasteiger partial charge is 0.341 e. The molecule has 6 nitrogen and oxygen atoms in total. The Morgan fingerprint density at radius 1 is 1.06 bits per heavy atom. The maximum absolute atomic E-state index is 13.0. The van der Waals surface area contributed by atoms with Gasteiger partial charge in [0.25, 0.3) is 11.1 Å². The van der Waals surface area contributed by atoms with Crippen LogP contribution in [0.2, 0.25) is 5.02 Å². The van der Waals surface area contributed by atoms with Crippen molar-refractivity contribution in [3.63, 3.8) is 0 Å². The molecule has 8 heteroatoms. The predicted molar refractivity (Wildman–Crippen MR) is 133 cm³/mol. The predicted octanol–water partition coefficient (Wildman–Crippen LogP) is 5.49. The van der Waals surface area contributed by atoms with E-state index in [1.807, 2.05) is 45.0 Å². The zero-order valence-electron chi connectivity index (χ0n) is 19.2. The number of imide groups is 1. The third-order valence-corrected chi connectivity index (χ3v) is 7.44. The Morgan fingerprint density at radius 3 is 2.45 bits per heavy atom. The van der Waals surface area contributed by atoms with E-state index in [0.717, 1.165) is 70.5 Å². The van der Waals surface area contributed by atoms with Gasteiger partial charge in [0.1, 0.15) is 6.54 Å². The SMILES string of the molecule is Cc1ccc(Cl)cc1-n1c(C)cc(C=C2SC(=O)N(CC(=O)N3CCCCCC3)C2=O)c1C. The van der Waals surface area contributed by atoms with Gasteiger partial charge in [0, 0.05) is 35.2 Å². The fourth-order valence-corrected chi connectivity index (χ4v) is 5.46. The van der Waals surface area contributed by atoms with E-state index in [9.17, 15) is 14.4 Å². The molecule has 3 heterocycles. The number of likely N-dealkylation sites (tertiary alicyclic amines) is 1. The van der Waals surface area contributed by atoms with E-state index in [-0.39, 0.29) is 12.5 Å². The highest BCUT2D eigenvalue weighted by atomic mass is 35.5. The maximum Gasteiger partial charge on any atom is 0.294 e. The third kappa shape index (κ3) is 4.89. The van der Waals surface area contributed by atoms with Crippen LogP contribution in [0.3, 0.4) is 0 Å². The summed E-state index contributed by atoms with van der Waals surface area (Å²) in [4.78, 5) is 41.5. The van der Waals surface area contributed by atoms with Gasteiger partial charge < -0.3 is 9.47 Å². The number of aromatic nitrogens is 1. The normalized spacial score (nSPS) is 18.4. The lowest BCUT2D eigenvalue weighted by Gasteiger charge is -2.22. The Kier molecular flexibility index (Phi) is 7.00. The molecule has 0 N–H and O–H groups in total. The van der Waals surface area contributed by atoms with Crippen LogP contribution in [0.4, 0.5) is 4.79 Å². The first-order valence-corrected chi connectivity index (χ1v) is 12.4. The van der Waals surface area contributed by atoms with Gasteiger partial charge in [0.15, 0.2) is 0 Å². The molecular weight excluding hydrogens is 458 g/mol. The Labute approximate surface area is 203 Å². The van der Waals surface area contributed by atoms with Crippen molar-refractivity contribution in [3.05, 3.63) is 56.7 Å². The van der Waals surface area contributed by atoms with Crippen LogP contribution >= 0.6 is 23.4 Å². The van der Waals surface area contributed by atoms with Gasteiger partial charge in [0.05, 0.1) is 4.91 Å². The van der Waals surface area contributed by atoms with Crippen LogP contribution in [0, 0.1) is 20.8 Å². The number of hydrogen-bond acceptors (Lipinski definition) is 4. The number of thioether (sulfide) groups is 1. The second-order valence-electron chi connectivity index (χ2n) is 8.66. The van der Waals surface area contributed by atoms with Gasteiger partial charge in [-0.15, -0.1) is 0 Å². The average Bonchev–Trinajstić information content (AvgIpc) is 3.06. The van der Waals surface area contributed by atoms with Crippen LogP contribution in [-0.4, -0.2) is 51.1 Å². The van der Waals surface area contributed by atoms with Gasteiger partial charge in [-0.2, -0.15) is 0 Å². The van der Waals surface area contributed by atoms with Gasteiger partial charge in [-0.1, -0.05) is 30.5 Å². The molecule has 2 saturated heterocycles. The first-order chi connectivity index (χ1) is 15.8. The molecule has 4 rings (SSSR count). The number of carbonyl (C=O) groups is 3. The van der Waals surface area contributed by atoms with E-state index in [1.54, 1.807) is 11.0 Å². The second-order valence-corrected chi connectivity index (χ2v) is 10.1.